The smallest absolute Gasteiger partial charge is 0.258 e. The first kappa shape index (κ1) is 15.5. The van der Waals surface area contributed by atoms with Crippen LogP contribution < -0.4 is 5.73 Å². The maximum Gasteiger partial charge on any atom is 0.258 e. The number of fused-ring (bicyclic) bond motifs is 1. The van der Waals surface area contributed by atoms with Gasteiger partial charge in [-0.05, 0) is 42.2 Å². The summed E-state index contributed by atoms with van der Waals surface area (Å²) in [6, 6.07) is 12.2. The standard InChI is InChI=1S/C16H14BrN3O.ClH/c17-11-8-10-4-1-2-5-12(10)13(9-11)14-19-15(20-21-14)16(18)6-3-7-16;/h1-2,4-5,8-9H,3,6-7,18H2;1H. The fourth-order valence-electron chi connectivity index (χ4n) is 2.77. The molecule has 22 heavy (non-hydrogen) atoms. The molecule has 0 amide bonds. The molecular weight excluding hydrogens is 366 g/mol. The Morgan fingerprint density at radius 3 is 2.68 bits per heavy atom. The van der Waals surface area contributed by atoms with E-state index in [1.54, 1.807) is 0 Å². The summed E-state index contributed by atoms with van der Waals surface area (Å²) in [6.45, 7) is 0. The van der Waals surface area contributed by atoms with Gasteiger partial charge in [0.15, 0.2) is 5.82 Å². The number of hydrogen-bond donors (Lipinski definition) is 1. The minimum Gasteiger partial charge on any atom is -0.334 e. The lowest BCUT2D eigenvalue weighted by Gasteiger charge is -2.34. The highest BCUT2D eigenvalue weighted by atomic mass is 79.9. The Morgan fingerprint density at radius 1 is 1.18 bits per heavy atom. The molecule has 1 saturated carbocycles. The summed E-state index contributed by atoms with van der Waals surface area (Å²) in [5, 5.41) is 6.32. The zero-order chi connectivity index (χ0) is 14.4. The van der Waals surface area contributed by atoms with Gasteiger partial charge >= 0.3 is 0 Å². The lowest BCUT2D eigenvalue weighted by Crippen LogP contribution is -2.44. The van der Waals surface area contributed by atoms with Crippen LogP contribution in [0.15, 0.2) is 45.4 Å². The van der Waals surface area contributed by atoms with Gasteiger partial charge in [-0.3, -0.25) is 0 Å². The second-order valence-corrected chi connectivity index (χ2v) is 6.52. The number of nitrogens with zero attached hydrogens (tertiary/aromatic N) is 2. The fourth-order valence-corrected chi connectivity index (χ4v) is 3.24. The van der Waals surface area contributed by atoms with Crippen molar-refractivity contribution in [3.05, 3.63) is 46.7 Å². The Labute approximate surface area is 142 Å². The third kappa shape index (κ3) is 2.43. The van der Waals surface area contributed by atoms with Gasteiger partial charge in [-0.1, -0.05) is 45.4 Å². The van der Waals surface area contributed by atoms with Crippen LogP contribution in [0.2, 0.25) is 0 Å². The molecule has 0 saturated heterocycles. The highest BCUT2D eigenvalue weighted by Gasteiger charge is 2.39. The highest BCUT2D eigenvalue weighted by molar-refractivity contribution is 9.10. The molecule has 1 aliphatic rings. The largest absolute Gasteiger partial charge is 0.334 e. The molecule has 0 bridgehead atoms. The average Bonchev–Trinajstić information content (AvgIpc) is 2.93. The van der Waals surface area contributed by atoms with Crippen LogP contribution in [-0.4, -0.2) is 10.1 Å². The third-order valence-electron chi connectivity index (χ3n) is 4.17. The van der Waals surface area contributed by atoms with Crippen LogP contribution in [0.5, 0.6) is 0 Å². The van der Waals surface area contributed by atoms with Gasteiger partial charge < -0.3 is 10.3 Å². The molecule has 1 heterocycles. The SMILES string of the molecule is Cl.NC1(c2noc(-c3cc(Br)cc4ccccc34)n2)CCC1. The van der Waals surface area contributed by atoms with E-state index in [9.17, 15) is 0 Å². The molecular formula is C16H15BrClN3O. The monoisotopic (exact) mass is 379 g/mol. The van der Waals surface area contributed by atoms with Gasteiger partial charge in [-0.25, -0.2) is 0 Å². The molecule has 6 heteroatoms. The van der Waals surface area contributed by atoms with Crippen molar-refractivity contribution >= 4 is 39.1 Å². The molecule has 1 aliphatic carbocycles. The summed E-state index contributed by atoms with van der Waals surface area (Å²) < 4.78 is 6.46. The summed E-state index contributed by atoms with van der Waals surface area (Å²) in [4.78, 5) is 4.54. The summed E-state index contributed by atoms with van der Waals surface area (Å²) in [6.07, 6.45) is 2.97. The van der Waals surface area contributed by atoms with E-state index in [1.807, 2.05) is 18.2 Å². The molecule has 0 spiro atoms. The molecule has 3 aromatic rings. The minimum atomic E-state index is -0.399. The second-order valence-electron chi connectivity index (χ2n) is 5.61. The van der Waals surface area contributed by atoms with E-state index in [4.69, 9.17) is 10.3 Å². The number of halogens is 2. The minimum absolute atomic E-state index is 0. The van der Waals surface area contributed by atoms with Gasteiger partial charge in [-0.2, -0.15) is 4.98 Å². The molecule has 0 atom stereocenters. The first-order valence-electron chi connectivity index (χ1n) is 6.97. The van der Waals surface area contributed by atoms with Crippen LogP contribution in [0, 0.1) is 0 Å². The lowest BCUT2D eigenvalue weighted by molar-refractivity contribution is 0.229. The molecule has 4 nitrogen and oxygen atoms in total. The van der Waals surface area contributed by atoms with Crippen LogP contribution >= 0.6 is 28.3 Å². The van der Waals surface area contributed by atoms with Crippen LogP contribution in [-0.2, 0) is 5.54 Å². The molecule has 2 N–H and O–H groups in total. The maximum absolute atomic E-state index is 6.26. The third-order valence-corrected chi connectivity index (χ3v) is 4.63. The van der Waals surface area contributed by atoms with Crippen LogP contribution in [0.1, 0.15) is 25.1 Å². The second kappa shape index (κ2) is 5.65. The molecule has 0 unspecified atom stereocenters. The Kier molecular flexibility index (Phi) is 3.97. The topological polar surface area (TPSA) is 64.9 Å². The van der Waals surface area contributed by atoms with Crippen LogP contribution in [0.4, 0.5) is 0 Å². The molecule has 114 valence electrons. The fraction of sp³-hybridized carbons (Fsp3) is 0.250. The van der Waals surface area contributed by atoms with Crippen molar-refractivity contribution in [2.24, 2.45) is 5.73 Å². The number of aromatic nitrogens is 2. The quantitative estimate of drug-likeness (QED) is 0.715. The van der Waals surface area contributed by atoms with Crippen molar-refractivity contribution in [1.82, 2.24) is 10.1 Å². The Morgan fingerprint density at radius 2 is 1.95 bits per heavy atom. The summed E-state index contributed by atoms with van der Waals surface area (Å²) >= 11 is 3.54. The van der Waals surface area contributed by atoms with Crippen molar-refractivity contribution in [3.8, 4) is 11.5 Å². The van der Waals surface area contributed by atoms with Crippen molar-refractivity contribution in [2.75, 3.05) is 0 Å². The normalized spacial score (nSPS) is 16.1. The van der Waals surface area contributed by atoms with Gasteiger partial charge in [0.2, 0.25) is 0 Å². The van der Waals surface area contributed by atoms with Gasteiger partial charge in [-0.15, -0.1) is 12.4 Å². The Hall–Kier alpha value is -1.43. The molecule has 0 aliphatic heterocycles. The summed E-state index contributed by atoms with van der Waals surface area (Å²) in [7, 11) is 0. The van der Waals surface area contributed by atoms with Gasteiger partial charge in [0.05, 0.1) is 5.54 Å². The van der Waals surface area contributed by atoms with Crippen molar-refractivity contribution < 1.29 is 4.52 Å². The highest BCUT2D eigenvalue weighted by Crippen LogP contribution is 2.38. The molecule has 1 aromatic heterocycles. The van der Waals surface area contributed by atoms with Crippen molar-refractivity contribution in [2.45, 2.75) is 24.8 Å². The number of benzene rings is 2. The molecule has 4 rings (SSSR count). The van der Waals surface area contributed by atoms with E-state index < -0.39 is 5.54 Å². The zero-order valence-corrected chi connectivity index (χ0v) is 14.2. The first-order chi connectivity index (χ1) is 10.2. The molecule has 2 aromatic carbocycles. The van der Waals surface area contributed by atoms with Crippen molar-refractivity contribution in [1.29, 1.82) is 0 Å². The Bertz CT molecular complexity index is 829. The van der Waals surface area contributed by atoms with E-state index >= 15 is 0 Å². The van der Waals surface area contributed by atoms with E-state index in [2.05, 4.69) is 44.3 Å². The molecule has 1 fully saturated rings. The number of nitrogens with two attached hydrogens (primary N) is 1. The predicted octanol–water partition coefficient (Wildman–Crippen LogP) is 4.41. The van der Waals surface area contributed by atoms with Gasteiger partial charge in [0.25, 0.3) is 5.89 Å². The zero-order valence-electron chi connectivity index (χ0n) is 11.8. The summed E-state index contributed by atoms with van der Waals surface area (Å²) in [5.41, 5.74) is 6.80. The Balaban J connectivity index is 0.00000144. The predicted molar refractivity (Wildman–Crippen MR) is 91.9 cm³/mol. The van der Waals surface area contributed by atoms with Gasteiger partial charge in [0.1, 0.15) is 0 Å². The summed E-state index contributed by atoms with van der Waals surface area (Å²) in [5.74, 6) is 1.15. The molecule has 0 radical (unpaired) electrons. The first-order valence-corrected chi connectivity index (χ1v) is 7.77. The van der Waals surface area contributed by atoms with Gasteiger partial charge in [0, 0.05) is 10.0 Å². The van der Waals surface area contributed by atoms with Crippen molar-refractivity contribution in [3.63, 3.8) is 0 Å². The number of hydrogen-bond acceptors (Lipinski definition) is 4. The number of rotatable bonds is 2. The van der Waals surface area contributed by atoms with E-state index in [0.717, 1.165) is 40.1 Å². The maximum atomic E-state index is 6.26. The van der Waals surface area contributed by atoms with E-state index in [-0.39, 0.29) is 12.4 Å². The van der Waals surface area contributed by atoms with Crippen LogP contribution in [0.25, 0.3) is 22.2 Å². The van der Waals surface area contributed by atoms with Crippen LogP contribution in [0.3, 0.4) is 0 Å². The van der Waals surface area contributed by atoms with E-state index in [0.29, 0.717) is 11.7 Å². The van der Waals surface area contributed by atoms with E-state index in [1.165, 1.54) is 0 Å². The average molecular weight is 381 g/mol. The lowest BCUT2D eigenvalue weighted by atomic mass is 9.77.